The number of ether oxygens (including phenoxy) is 4. The van der Waals surface area contributed by atoms with Crippen molar-refractivity contribution in [3.05, 3.63) is 86.1 Å². The zero-order chi connectivity index (χ0) is 25.4. The van der Waals surface area contributed by atoms with Crippen molar-refractivity contribution in [2.45, 2.75) is 19.9 Å². The van der Waals surface area contributed by atoms with E-state index in [9.17, 15) is 4.79 Å². The number of benzene rings is 3. The highest BCUT2D eigenvalue weighted by Crippen LogP contribution is 2.43. The number of carbonyl (C=O) groups is 1. The summed E-state index contributed by atoms with van der Waals surface area (Å²) >= 11 is 12.3. The quantitative estimate of drug-likeness (QED) is 0.350. The third-order valence-corrected chi connectivity index (χ3v) is 7.01. The maximum absolute atomic E-state index is 13.2. The highest BCUT2D eigenvalue weighted by atomic mass is 35.5. The van der Waals surface area contributed by atoms with E-state index in [1.54, 1.807) is 38.5 Å². The van der Waals surface area contributed by atoms with Crippen LogP contribution >= 0.6 is 23.2 Å². The molecule has 0 bridgehead atoms. The molecular formula is C28H25Cl2NO5. The van der Waals surface area contributed by atoms with Gasteiger partial charge in [0.15, 0.2) is 17.3 Å². The number of carbonyl (C=O) groups excluding carboxylic acids is 1. The molecule has 0 aliphatic carbocycles. The lowest BCUT2D eigenvalue weighted by Crippen LogP contribution is -2.34. The molecular weight excluding hydrogens is 501 g/mol. The molecule has 0 saturated heterocycles. The first-order valence-electron chi connectivity index (χ1n) is 11.5. The summed E-state index contributed by atoms with van der Waals surface area (Å²) in [6.07, 6.45) is 2.48. The first kappa shape index (κ1) is 24.5. The summed E-state index contributed by atoms with van der Waals surface area (Å²) in [7, 11) is 3.15. The van der Waals surface area contributed by atoms with Gasteiger partial charge in [-0.05, 0) is 60.9 Å². The van der Waals surface area contributed by atoms with Gasteiger partial charge in [0.2, 0.25) is 5.78 Å². The average molecular weight is 526 g/mol. The van der Waals surface area contributed by atoms with Crippen LogP contribution in [0.4, 0.5) is 0 Å². The van der Waals surface area contributed by atoms with Crippen LogP contribution in [0.3, 0.4) is 0 Å². The molecule has 0 fully saturated rings. The number of nitrogens with zero attached hydrogens (tertiary/aromatic N) is 1. The zero-order valence-corrected chi connectivity index (χ0v) is 21.7. The fourth-order valence-corrected chi connectivity index (χ4v) is 5.04. The van der Waals surface area contributed by atoms with E-state index in [4.69, 9.17) is 42.1 Å². The van der Waals surface area contributed by atoms with Crippen molar-refractivity contribution < 1.29 is 23.7 Å². The van der Waals surface area contributed by atoms with Gasteiger partial charge in [-0.1, -0.05) is 35.3 Å². The van der Waals surface area contributed by atoms with Crippen molar-refractivity contribution in [1.82, 2.24) is 4.90 Å². The fraction of sp³-hybridized carbons (Fsp3) is 0.250. The molecule has 2 aliphatic heterocycles. The highest BCUT2D eigenvalue weighted by Gasteiger charge is 2.33. The van der Waals surface area contributed by atoms with Gasteiger partial charge in [0.25, 0.3) is 0 Å². The molecule has 0 unspecified atom stereocenters. The maximum atomic E-state index is 13.2. The van der Waals surface area contributed by atoms with Gasteiger partial charge >= 0.3 is 0 Å². The zero-order valence-electron chi connectivity index (χ0n) is 20.2. The Labute approximate surface area is 219 Å². The van der Waals surface area contributed by atoms with Crippen LogP contribution in [0.5, 0.6) is 23.0 Å². The molecule has 8 heteroatoms. The van der Waals surface area contributed by atoms with Crippen molar-refractivity contribution in [2.24, 2.45) is 0 Å². The summed E-state index contributed by atoms with van der Waals surface area (Å²) in [5.74, 6) is 2.62. The van der Waals surface area contributed by atoms with E-state index in [-0.39, 0.29) is 11.5 Å². The summed E-state index contributed by atoms with van der Waals surface area (Å²) in [6, 6.07) is 12.9. The molecule has 3 aromatic carbocycles. The standard InChI is InChI=1S/C28H25Cl2NO5/c1-16-27-19(14-31(15-35-27)9-8-18-5-6-20(29)13-22(18)30)12-21-26(32)25(36-28(16)21)11-17-4-7-23(33-2)24(10-17)34-3/h4-7,10-13H,8-9,14-15H2,1-3H3/b25-11-. The smallest absolute Gasteiger partial charge is 0.231 e. The van der Waals surface area contributed by atoms with Gasteiger partial charge in [-0.3, -0.25) is 9.69 Å². The van der Waals surface area contributed by atoms with E-state index in [1.165, 1.54) is 0 Å². The minimum atomic E-state index is -0.157. The van der Waals surface area contributed by atoms with Gasteiger partial charge in [0, 0.05) is 34.3 Å². The molecule has 36 heavy (non-hydrogen) atoms. The number of allylic oxidation sites excluding steroid dienone is 1. The molecule has 3 aromatic rings. The lowest BCUT2D eigenvalue weighted by Gasteiger charge is -2.30. The van der Waals surface area contributed by atoms with Crippen molar-refractivity contribution in [3.63, 3.8) is 0 Å². The third-order valence-electron chi connectivity index (χ3n) is 6.42. The molecule has 2 aliphatic rings. The van der Waals surface area contributed by atoms with Gasteiger partial charge in [-0.25, -0.2) is 0 Å². The van der Waals surface area contributed by atoms with Crippen LogP contribution in [0.15, 0.2) is 48.2 Å². The number of ketones is 1. The third kappa shape index (κ3) is 4.64. The molecule has 5 rings (SSSR count). The minimum Gasteiger partial charge on any atom is -0.493 e. The number of hydrogen-bond acceptors (Lipinski definition) is 6. The summed E-state index contributed by atoms with van der Waals surface area (Å²) < 4.78 is 22.8. The predicted octanol–water partition coefficient (Wildman–Crippen LogP) is 6.33. The Balaban J connectivity index is 1.35. The Bertz CT molecular complexity index is 1380. The van der Waals surface area contributed by atoms with E-state index in [0.717, 1.165) is 41.0 Å². The molecule has 0 atom stereocenters. The van der Waals surface area contributed by atoms with Crippen molar-refractivity contribution in [1.29, 1.82) is 0 Å². The summed E-state index contributed by atoms with van der Waals surface area (Å²) in [5.41, 5.74) is 4.14. The molecule has 186 valence electrons. The van der Waals surface area contributed by atoms with Gasteiger partial charge in [-0.15, -0.1) is 0 Å². The summed E-state index contributed by atoms with van der Waals surface area (Å²) in [5, 5.41) is 1.28. The molecule has 0 N–H and O–H groups in total. The van der Waals surface area contributed by atoms with Gasteiger partial charge in [0.05, 0.1) is 19.8 Å². The van der Waals surface area contributed by atoms with Crippen LogP contribution in [0.2, 0.25) is 10.0 Å². The van der Waals surface area contributed by atoms with Crippen molar-refractivity contribution in [2.75, 3.05) is 27.5 Å². The van der Waals surface area contributed by atoms with Crippen molar-refractivity contribution in [3.8, 4) is 23.0 Å². The Kier molecular flexibility index (Phi) is 6.84. The summed E-state index contributed by atoms with van der Waals surface area (Å²) in [4.78, 5) is 15.4. The Morgan fingerprint density at radius 2 is 1.83 bits per heavy atom. The first-order chi connectivity index (χ1) is 17.4. The van der Waals surface area contributed by atoms with E-state index in [0.29, 0.717) is 46.1 Å². The van der Waals surface area contributed by atoms with Crippen LogP contribution in [0.25, 0.3) is 6.08 Å². The van der Waals surface area contributed by atoms with Crippen LogP contribution in [-0.4, -0.2) is 38.2 Å². The number of rotatable bonds is 6. The lowest BCUT2D eigenvalue weighted by atomic mass is 9.99. The van der Waals surface area contributed by atoms with Gasteiger partial charge < -0.3 is 18.9 Å². The van der Waals surface area contributed by atoms with E-state index in [2.05, 4.69) is 4.90 Å². The monoisotopic (exact) mass is 525 g/mol. The van der Waals surface area contributed by atoms with Crippen LogP contribution in [0, 0.1) is 6.92 Å². The molecule has 0 aromatic heterocycles. The SMILES string of the molecule is COc1ccc(/C=C2\Oc3c(cc4c(c3C)OCN(CCc3ccc(Cl)cc3Cl)C4)C2=O)cc1OC. The van der Waals surface area contributed by atoms with Crippen molar-refractivity contribution >= 4 is 35.1 Å². The molecule has 6 nitrogen and oxygen atoms in total. The minimum absolute atomic E-state index is 0.157. The number of methoxy groups -OCH3 is 2. The number of halogens is 2. The first-order valence-corrected chi connectivity index (χ1v) is 12.3. The van der Waals surface area contributed by atoms with E-state index >= 15 is 0 Å². The maximum Gasteiger partial charge on any atom is 0.231 e. The second-order valence-electron chi connectivity index (χ2n) is 8.73. The Morgan fingerprint density at radius 1 is 1.03 bits per heavy atom. The van der Waals surface area contributed by atoms with Crippen LogP contribution < -0.4 is 18.9 Å². The second-order valence-corrected chi connectivity index (χ2v) is 9.58. The van der Waals surface area contributed by atoms with Gasteiger partial charge in [0.1, 0.15) is 18.2 Å². The number of Topliss-reactive ketones (excluding diaryl/α,β-unsaturated/α-hetero) is 1. The molecule has 0 saturated carbocycles. The molecule has 2 heterocycles. The van der Waals surface area contributed by atoms with Crippen LogP contribution in [0.1, 0.15) is 32.6 Å². The van der Waals surface area contributed by atoms with E-state index in [1.807, 2.05) is 31.2 Å². The number of fused-ring (bicyclic) bond motifs is 2. The lowest BCUT2D eigenvalue weighted by molar-refractivity contribution is 0.0954. The fourth-order valence-electron chi connectivity index (χ4n) is 4.54. The average Bonchev–Trinajstić information content (AvgIpc) is 3.18. The molecule has 0 spiro atoms. The largest absolute Gasteiger partial charge is 0.493 e. The molecule has 0 radical (unpaired) electrons. The van der Waals surface area contributed by atoms with Crippen LogP contribution in [-0.2, 0) is 13.0 Å². The highest BCUT2D eigenvalue weighted by molar-refractivity contribution is 6.35. The van der Waals surface area contributed by atoms with Gasteiger partial charge in [-0.2, -0.15) is 0 Å². The Morgan fingerprint density at radius 3 is 2.58 bits per heavy atom. The summed E-state index contributed by atoms with van der Waals surface area (Å²) in [6.45, 7) is 3.79. The number of hydrogen-bond donors (Lipinski definition) is 0. The normalized spacial score (nSPS) is 15.8. The molecule has 0 amide bonds. The second kappa shape index (κ2) is 10.1. The topological polar surface area (TPSA) is 57.2 Å². The Hall–Kier alpha value is -3.19. The predicted molar refractivity (Wildman–Crippen MR) is 140 cm³/mol. The van der Waals surface area contributed by atoms with E-state index < -0.39 is 0 Å².